The zero-order chi connectivity index (χ0) is 34.5. The lowest BCUT2D eigenvalue weighted by atomic mass is 10.0. The first-order valence-corrected chi connectivity index (χ1v) is 17.6. The van der Waals surface area contributed by atoms with E-state index in [0.717, 1.165) is 90.6 Å². The molecule has 4 aromatic rings. The molecule has 2 aliphatic rings. The lowest BCUT2D eigenvalue weighted by Crippen LogP contribution is -2.46. The third-order valence-corrected chi connectivity index (χ3v) is 9.87. The van der Waals surface area contributed by atoms with Crippen LogP contribution in [0.1, 0.15) is 77.1 Å². The number of nitrogens with one attached hydrogen (secondary N) is 4. The number of aromatic amines is 2. The van der Waals surface area contributed by atoms with E-state index in [2.05, 4.69) is 92.9 Å². The number of carbonyl (C=O) groups is 2. The summed E-state index contributed by atoms with van der Waals surface area (Å²) < 4.78 is 4.85. The Kier molecular flexibility index (Phi) is 10.8. The van der Waals surface area contributed by atoms with Crippen LogP contribution in [-0.2, 0) is 9.53 Å². The van der Waals surface area contributed by atoms with Crippen molar-refractivity contribution in [3.63, 3.8) is 0 Å². The van der Waals surface area contributed by atoms with E-state index in [4.69, 9.17) is 9.72 Å². The molecule has 4 N–H and O–H groups in total. The second-order valence-electron chi connectivity index (χ2n) is 13.9. The van der Waals surface area contributed by atoms with Crippen LogP contribution < -0.4 is 10.6 Å². The lowest BCUT2D eigenvalue weighted by molar-refractivity contribution is -0.131. The Labute approximate surface area is 289 Å². The summed E-state index contributed by atoms with van der Waals surface area (Å²) in [7, 11) is 1.40. The average Bonchev–Trinajstić information content (AvgIpc) is 3.93. The van der Waals surface area contributed by atoms with E-state index in [1.54, 1.807) is 0 Å². The van der Waals surface area contributed by atoms with Crippen molar-refractivity contribution in [1.29, 1.82) is 0 Å². The minimum absolute atomic E-state index is 0.00176. The fourth-order valence-corrected chi connectivity index (χ4v) is 6.97. The second kappa shape index (κ2) is 15.4. The standard InChI is InChI=1S/C38H50N8O3/c1-24(2)32(44-38(48)49-5)23-45-18-6-8-33(45)36-40-20-30(42-36)28-14-10-26(11-15-28)27-12-16-29(17-13-27)31-21-41-37(43-31)34-9-7-19-46(34)35(47)22-39-25(3)4/h10-17,20-21,24-25,32-34,39H,6-9,18-19,22-23H2,1-5H3,(H,40,42)(H,41,43)(H,44,48)/t32-,33+,34+/m1/s1. The van der Waals surface area contributed by atoms with E-state index in [1.807, 2.05) is 31.1 Å². The summed E-state index contributed by atoms with van der Waals surface area (Å²) in [6.45, 7) is 11.2. The normalized spacial score (nSPS) is 18.8. The number of hydrogen-bond acceptors (Lipinski definition) is 7. The van der Waals surface area contributed by atoms with E-state index in [0.29, 0.717) is 6.54 Å². The summed E-state index contributed by atoms with van der Waals surface area (Å²) in [4.78, 5) is 45.7. The summed E-state index contributed by atoms with van der Waals surface area (Å²) in [6, 6.07) is 17.5. The molecule has 0 radical (unpaired) electrons. The van der Waals surface area contributed by atoms with Crippen molar-refractivity contribution in [1.82, 2.24) is 40.4 Å². The Morgan fingerprint density at radius 1 is 0.816 bits per heavy atom. The number of methoxy groups -OCH3 is 1. The van der Waals surface area contributed by atoms with Crippen molar-refractivity contribution in [2.75, 3.05) is 33.3 Å². The molecule has 2 fully saturated rings. The van der Waals surface area contributed by atoms with Crippen LogP contribution >= 0.6 is 0 Å². The summed E-state index contributed by atoms with van der Waals surface area (Å²) in [6.07, 6.45) is 7.43. The largest absolute Gasteiger partial charge is 0.453 e. The summed E-state index contributed by atoms with van der Waals surface area (Å²) in [5.41, 5.74) is 6.35. The minimum atomic E-state index is -0.391. The molecule has 49 heavy (non-hydrogen) atoms. The molecule has 4 heterocycles. The number of rotatable bonds is 12. The predicted octanol–water partition coefficient (Wildman–Crippen LogP) is 6.31. The highest BCUT2D eigenvalue weighted by atomic mass is 16.5. The first kappa shape index (κ1) is 34.4. The number of nitrogens with zero attached hydrogens (tertiary/aromatic N) is 4. The van der Waals surface area contributed by atoms with Crippen LogP contribution in [0.3, 0.4) is 0 Å². The number of likely N-dealkylation sites (tertiary alicyclic amines) is 2. The highest BCUT2D eigenvalue weighted by Gasteiger charge is 2.33. The number of alkyl carbamates (subject to hydrolysis) is 1. The number of carbonyl (C=O) groups excluding carboxylic acids is 2. The van der Waals surface area contributed by atoms with Gasteiger partial charge in [-0.3, -0.25) is 9.69 Å². The Hall–Kier alpha value is -4.48. The van der Waals surface area contributed by atoms with Gasteiger partial charge in [-0.25, -0.2) is 14.8 Å². The molecule has 2 saturated heterocycles. The fraction of sp³-hybridized carbons (Fsp3) is 0.474. The summed E-state index contributed by atoms with van der Waals surface area (Å²) >= 11 is 0. The first-order valence-electron chi connectivity index (χ1n) is 17.6. The summed E-state index contributed by atoms with van der Waals surface area (Å²) in [5, 5.41) is 6.24. The third-order valence-electron chi connectivity index (χ3n) is 9.87. The van der Waals surface area contributed by atoms with E-state index in [1.165, 1.54) is 7.11 Å². The molecule has 0 bridgehead atoms. The molecule has 260 valence electrons. The predicted molar refractivity (Wildman–Crippen MR) is 192 cm³/mol. The minimum Gasteiger partial charge on any atom is -0.453 e. The SMILES string of the molecule is COC(=O)N[C@H](CN1CCC[C@H]1c1ncc(-c2ccc(-c3ccc(-c4cnc([C@@H]5CCCN5C(=O)CNC(C)C)[nH]4)cc3)cc2)[nH]1)C(C)C. The molecule has 2 amide bonds. The van der Waals surface area contributed by atoms with E-state index in [-0.39, 0.29) is 36.0 Å². The van der Waals surface area contributed by atoms with Gasteiger partial charge in [-0.1, -0.05) is 76.2 Å². The molecular formula is C38H50N8O3. The van der Waals surface area contributed by atoms with Crippen molar-refractivity contribution in [3.8, 4) is 33.6 Å². The fourth-order valence-electron chi connectivity index (χ4n) is 6.97. The van der Waals surface area contributed by atoms with Crippen LogP contribution in [0.4, 0.5) is 4.79 Å². The van der Waals surface area contributed by atoms with E-state index in [9.17, 15) is 9.59 Å². The average molecular weight is 667 g/mol. The van der Waals surface area contributed by atoms with Crippen LogP contribution in [-0.4, -0.2) is 87.1 Å². The lowest BCUT2D eigenvalue weighted by Gasteiger charge is -2.30. The number of aromatic nitrogens is 4. The van der Waals surface area contributed by atoms with Gasteiger partial charge in [0, 0.05) is 25.2 Å². The molecule has 0 spiro atoms. The van der Waals surface area contributed by atoms with Gasteiger partial charge in [0.25, 0.3) is 0 Å². The van der Waals surface area contributed by atoms with Gasteiger partial charge < -0.3 is 30.2 Å². The molecule has 6 rings (SSSR count). The van der Waals surface area contributed by atoms with Crippen LogP contribution in [0.15, 0.2) is 60.9 Å². The van der Waals surface area contributed by atoms with Crippen molar-refractivity contribution in [2.24, 2.45) is 5.92 Å². The molecule has 2 aromatic heterocycles. The highest BCUT2D eigenvalue weighted by molar-refractivity contribution is 5.79. The Balaban J connectivity index is 1.08. The number of H-pyrrole nitrogens is 2. The molecule has 11 nitrogen and oxygen atoms in total. The number of hydrogen-bond donors (Lipinski definition) is 4. The molecule has 3 atom stereocenters. The van der Waals surface area contributed by atoms with Crippen LogP contribution in [0.25, 0.3) is 33.6 Å². The van der Waals surface area contributed by atoms with E-state index >= 15 is 0 Å². The molecule has 0 aliphatic carbocycles. The van der Waals surface area contributed by atoms with Gasteiger partial charge in [0.15, 0.2) is 0 Å². The van der Waals surface area contributed by atoms with Gasteiger partial charge in [-0.05, 0) is 60.4 Å². The van der Waals surface area contributed by atoms with Gasteiger partial charge >= 0.3 is 6.09 Å². The highest BCUT2D eigenvalue weighted by Crippen LogP contribution is 2.34. The Morgan fingerprint density at radius 2 is 1.35 bits per heavy atom. The number of benzene rings is 2. The van der Waals surface area contributed by atoms with Gasteiger partial charge in [-0.15, -0.1) is 0 Å². The second-order valence-corrected chi connectivity index (χ2v) is 13.9. The Bertz CT molecular complexity index is 1690. The maximum Gasteiger partial charge on any atom is 0.407 e. The number of amides is 2. The van der Waals surface area contributed by atoms with Crippen LogP contribution in [0.2, 0.25) is 0 Å². The molecule has 0 unspecified atom stereocenters. The molecular weight excluding hydrogens is 616 g/mol. The topological polar surface area (TPSA) is 131 Å². The number of imidazole rings is 2. The smallest absolute Gasteiger partial charge is 0.407 e. The quantitative estimate of drug-likeness (QED) is 0.139. The third kappa shape index (κ3) is 8.05. The van der Waals surface area contributed by atoms with Crippen molar-refractivity contribution >= 4 is 12.0 Å². The molecule has 2 aliphatic heterocycles. The number of ether oxygens (including phenoxy) is 1. The Morgan fingerprint density at radius 3 is 1.90 bits per heavy atom. The van der Waals surface area contributed by atoms with Crippen LogP contribution in [0.5, 0.6) is 0 Å². The molecule has 2 aromatic carbocycles. The first-order chi connectivity index (χ1) is 23.7. The zero-order valence-electron chi connectivity index (χ0n) is 29.3. The van der Waals surface area contributed by atoms with Gasteiger partial charge in [0.1, 0.15) is 11.6 Å². The maximum atomic E-state index is 12.8. The summed E-state index contributed by atoms with van der Waals surface area (Å²) in [5.74, 6) is 2.22. The molecule has 11 heteroatoms. The maximum absolute atomic E-state index is 12.8. The zero-order valence-corrected chi connectivity index (χ0v) is 29.3. The monoisotopic (exact) mass is 666 g/mol. The van der Waals surface area contributed by atoms with Gasteiger partial charge in [-0.2, -0.15) is 0 Å². The van der Waals surface area contributed by atoms with Crippen molar-refractivity contribution in [3.05, 3.63) is 72.6 Å². The van der Waals surface area contributed by atoms with Gasteiger partial charge in [0.05, 0.1) is 49.5 Å². The van der Waals surface area contributed by atoms with E-state index < -0.39 is 6.09 Å². The van der Waals surface area contributed by atoms with Crippen LogP contribution in [0, 0.1) is 5.92 Å². The van der Waals surface area contributed by atoms with Gasteiger partial charge in [0.2, 0.25) is 5.91 Å². The molecule has 0 saturated carbocycles. The van der Waals surface area contributed by atoms with Crippen molar-refractivity contribution < 1.29 is 14.3 Å². The van der Waals surface area contributed by atoms with Crippen molar-refractivity contribution in [2.45, 2.75) is 77.5 Å².